The van der Waals surface area contributed by atoms with Gasteiger partial charge in [-0.15, -0.1) is 0 Å². The summed E-state index contributed by atoms with van der Waals surface area (Å²) in [5, 5.41) is 3.42. The lowest BCUT2D eigenvalue weighted by atomic mass is 9.80. The van der Waals surface area contributed by atoms with Crippen molar-refractivity contribution in [2.24, 2.45) is 0 Å². The monoisotopic (exact) mass is 511 g/mol. The fourth-order valence-electron chi connectivity index (χ4n) is 5.88. The van der Waals surface area contributed by atoms with E-state index in [-0.39, 0.29) is 5.91 Å². The quantitative estimate of drug-likeness (QED) is 0.478. The van der Waals surface area contributed by atoms with E-state index in [1.165, 1.54) is 0 Å². The second kappa shape index (κ2) is 10.3. The third kappa shape index (κ3) is 4.69. The van der Waals surface area contributed by atoms with Gasteiger partial charge in [0.15, 0.2) is 5.54 Å². The predicted octanol–water partition coefficient (Wildman–Crippen LogP) is 4.89. The summed E-state index contributed by atoms with van der Waals surface area (Å²) in [5.74, 6) is -0.430. The molecule has 2 saturated heterocycles. The number of para-hydroxylation sites is 1. The van der Waals surface area contributed by atoms with Gasteiger partial charge in [-0.05, 0) is 70.0 Å². The molecule has 1 atom stereocenters. The lowest BCUT2D eigenvalue weighted by molar-refractivity contribution is -0.174. The molecule has 198 valence electrons. The van der Waals surface area contributed by atoms with Crippen LogP contribution in [0.5, 0.6) is 0 Å². The van der Waals surface area contributed by atoms with Crippen LogP contribution in [-0.2, 0) is 26.3 Å². The average molecular weight is 512 g/mol. The van der Waals surface area contributed by atoms with Crippen LogP contribution in [0.1, 0.15) is 44.7 Å². The van der Waals surface area contributed by atoms with Gasteiger partial charge in [0, 0.05) is 12.1 Å². The number of amides is 1. The number of ether oxygens (including phenoxy) is 1. The Morgan fingerprint density at radius 3 is 2.00 bits per heavy atom. The van der Waals surface area contributed by atoms with Crippen LogP contribution in [0.15, 0.2) is 91.0 Å². The molecule has 0 aromatic heterocycles. The smallest absolute Gasteiger partial charge is 0.337 e. The van der Waals surface area contributed by atoms with E-state index in [2.05, 4.69) is 22.3 Å². The Morgan fingerprint density at radius 1 is 0.868 bits per heavy atom. The summed E-state index contributed by atoms with van der Waals surface area (Å²) < 4.78 is 6.14. The van der Waals surface area contributed by atoms with Crippen molar-refractivity contribution in [3.63, 3.8) is 0 Å². The second-order valence-corrected chi connectivity index (χ2v) is 11.3. The number of carbonyl (C=O) groups excluding carboxylic acids is 2. The molecular weight excluding hydrogens is 474 g/mol. The number of nitrogens with zero attached hydrogens (tertiary/aromatic N) is 2. The highest BCUT2D eigenvalue weighted by atomic mass is 16.6. The topological polar surface area (TPSA) is 61.9 Å². The molecule has 2 heterocycles. The molecule has 2 aliphatic heterocycles. The highest BCUT2D eigenvalue weighted by Crippen LogP contribution is 2.45. The number of carbonyl (C=O) groups is 2. The van der Waals surface area contributed by atoms with Crippen molar-refractivity contribution in [1.29, 1.82) is 0 Å². The molecule has 0 saturated carbocycles. The molecule has 6 heteroatoms. The zero-order valence-corrected chi connectivity index (χ0v) is 22.5. The molecule has 3 aromatic rings. The molecule has 1 N–H and O–H groups in total. The molecule has 2 aliphatic rings. The SMILES string of the molecule is CC(C)(C)OC(=O)[C@@](Cc1ccccc1)(c1ccccc1)N1CN(c2ccccc2)C2(CCNCC2)C1=O. The van der Waals surface area contributed by atoms with Crippen molar-refractivity contribution in [2.75, 3.05) is 24.7 Å². The maximum Gasteiger partial charge on any atom is 0.337 e. The number of esters is 1. The summed E-state index contributed by atoms with van der Waals surface area (Å²) in [7, 11) is 0. The Kier molecular flexibility index (Phi) is 7.01. The zero-order chi connectivity index (χ0) is 26.8. The second-order valence-electron chi connectivity index (χ2n) is 11.3. The Bertz CT molecular complexity index is 1250. The van der Waals surface area contributed by atoms with Crippen molar-refractivity contribution < 1.29 is 14.3 Å². The van der Waals surface area contributed by atoms with Crippen LogP contribution in [0, 0.1) is 0 Å². The Morgan fingerprint density at radius 2 is 1.42 bits per heavy atom. The van der Waals surface area contributed by atoms with Crippen LogP contribution >= 0.6 is 0 Å². The van der Waals surface area contributed by atoms with Gasteiger partial charge in [0.05, 0.1) is 6.67 Å². The number of rotatable bonds is 6. The van der Waals surface area contributed by atoms with Gasteiger partial charge in [0.25, 0.3) is 5.91 Å². The van der Waals surface area contributed by atoms with E-state index >= 15 is 0 Å². The van der Waals surface area contributed by atoms with Crippen LogP contribution in [0.4, 0.5) is 5.69 Å². The van der Waals surface area contributed by atoms with Crippen LogP contribution in [-0.4, -0.2) is 47.7 Å². The molecule has 38 heavy (non-hydrogen) atoms. The van der Waals surface area contributed by atoms with Crippen molar-refractivity contribution >= 4 is 17.6 Å². The molecule has 1 amide bonds. The number of benzene rings is 3. The molecule has 3 aromatic carbocycles. The largest absolute Gasteiger partial charge is 0.458 e. The van der Waals surface area contributed by atoms with E-state index in [1.807, 2.05) is 105 Å². The Balaban J connectivity index is 1.71. The first-order chi connectivity index (χ1) is 18.3. The number of hydrogen-bond acceptors (Lipinski definition) is 5. The molecule has 0 aliphatic carbocycles. The highest BCUT2D eigenvalue weighted by molar-refractivity contribution is 5.98. The summed E-state index contributed by atoms with van der Waals surface area (Å²) in [5.41, 5.74) is -0.0870. The predicted molar refractivity (Wildman–Crippen MR) is 150 cm³/mol. The van der Waals surface area contributed by atoms with E-state index in [9.17, 15) is 9.59 Å². The molecule has 0 radical (unpaired) electrons. The van der Waals surface area contributed by atoms with Crippen LogP contribution in [0.2, 0.25) is 0 Å². The summed E-state index contributed by atoms with van der Waals surface area (Å²) in [6.07, 6.45) is 1.65. The summed E-state index contributed by atoms with van der Waals surface area (Å²) >= 11 is 0. The van der Waals surface area contributed by atoms with Crippen molar-refractivity contribution in [1.82, 2.24) is 10.2 Å². The molecule has 5 rings (SSSR count). The van der Waals surface area contributed by atoms with Crippen LogP contribution in [0.25, 0.3) is 0 Å². The third-order valence-corrected chi connectivity index (χ3v) is 7.69. The van der Waals surface area contributed by atoms with Crippen molar-refractivity contribution in [2.45, 2.75) is 56.7 Å². The minimum Gasteiger partial charge on any atom is -0.458 e. The third-order valence-electron chi connectivity index (χ3n) is 7.69. The summed E-state index contributed by atoms with van der Waals surface area (Å²) in [4.78, 5) is 33.3. The van der Waals surface area contributed by atoms with Crippen LogP contribution < -0.4 is 10.2 Å². The summed E-state index contributed by atoms with van der Waals surface area (Å²) in [6, 6.07) is 29.7. The summed E-state index contributed by atoms with van der Waals surface area (Å²) in [6.45, 7) is 7.40. The van der Waals surface area contributed by atoms with E-state index in [4.69, 9.17) is 4.74 Å². The molecule has 6 nitrogen and oxygen atoms in total. The average Bonchev–Trinajstić information content (AvgIpc) is 3.19. The molecule has 2 fully saturated rings. The van der Waals surface area contributed by atoms with Gasteiger partial charge in [-0.25, -0.2) is 4.79 Å². The zero-order valence-electron chi connectivity index (χ0n) is 22.5. The molecule has 1 spiro atoms. The van der Waals surface area contributed by atoms with Gasteiger partial charge < -0.3 is 19.9 Å². The van der Waals surface area contributed by atoms with Gasteiger partial charge in [0.2, 0.25) is 0 Å². The van der Waals surface area contributed by atoms with Gasteiger partial charge in [-0.3, -0.25) is 4.79 Å². The van der Waals surface area contributed by atoms with Gasteiger partial charge in [-0.1, -0.05) is 78.9 Å². The number of anilines is 1. The van der Waals surface area contributed by atoms with Gasteiger partial charge >= 0.3 is 5.97 Å². The fourth-order valence-corrected chi connectivity index (χ4v) is 5.88. The number of piperidine rings is 1. The molecular formula is C32H37N3O3. The first kappa shape index (κ1) is 26.0. The first-order valence-corrected chi connectivity index (χ1v) is 13.4. The van der Waals surface area contributed by atoms with E-state index in [0.717, 1.165) is 29.9 Å². The Hall–Kier alpha value is -3.64. The number of hydrogen-bond donors (Lipinski definition) is 1. The number of nitrogens with one attached hydrogen (secondary N) is 1. The fraction of sp³-hybridized carbons (Fsp3) is 0.375. The van der Waals surface area contributed by atoms with Crippen molar-refractivity contribution in [3.8, 4) is 0 Å². The lowest BCUT2D eigenvalue weighted by Gasteiger charge is -2.42. The van der Waals surface area contributed by atoms with Gasteiger partial charge in [-0.2, -0.15) is 0 Å². The van der Waals surface area contributed by atoms with Crippen molar-refractivity contribution in [3.05, 3.63) is 102 Å². The molecule has 0 unspecified atom stereocenters. The molecule has 0 bridgehead atoms. The van der Waals surface area contributed by atoms with E-state index in [0.29, 0.717) is 25.9 Å². The highest BCUT2D eigenvalue weighted by Gasteiger charge is 2.61. The van der Waals surface area contributed by atoms with E-state index in [1.54, 1.807) is 0 Å². The van der Waals surface area contributed by atoms with E-state index < -0.39 is 22.6 Å². The first-order valence-electron chi connectivity index (χ1n) is 13.4. The normalized spacial score (nSPS) is 18.9. The standard InChI is InChI=1S/C32H37N3O3/c1-30(2,3)38-29(37)32(26-15-9-5-10-16-26,23-25-13-7-4-8-14-25)35-24-34(27-17-11-6-12-18-27)31(28(35)36)19-21-33-22-20-31/h4-18,33H,19-24H2,1-3H3/t32-/m1/s1. The lowest BCUT2D eigenvalue weighted by Crippen LogP contribution is -2.59. The van der Waals surface area contributed by atoms with Gasteiger partial charge in [0.1, 0.15) is 11.1 Å². The Labute approximate surface area is 225 Å². The maximum atomic E-state index is 14.8. The maximum absolute atomic E-state index is 14.8. The van der Waals surface area contributed by atoms with Crippen LogP contribution in [0.3, 0.4) is 0 Å². The minimum absolute atomic E-state index is 0.0199. The minimum atomic E-state index is -1.34.